The van der Waals surface area contributed by atoms with Crippen LogP contribution in [0.1, 0.15) is 24.7 Å². The van der Waals surface area contributed by atoms with Crippen LogP contribution in [0.5, 0.6) is 5.75 Å². The minimum absolute atomic E-state index is 0.0235. The molecule has 0 unspecified atom stereocenters. The van der Waals surface area contributed by atoms with E-state index in [2.05, 4.69) is 15.5 Å². The molecule has 0 fully saturated rings. The van der Waals surface area contributed by atoms with Crippen molar-refractivity contribution >= 4 is 5.69 Å². The summed E-state index contributed by atoms with van der Waals surface area (Å²) in [5.74, 6) is 2.05. The number of nitrogens with one attached hydrogen (secondary N) is 1. The number of rotatable bonds is 4. The summed E-state index contributed by atoms with van der Waals surface area (Å²) < 4.78 is 10.2. The third kappa shape index (κ3) is 2.75. The van der Waals surface area contributed by atoms with E-state index >= 15 is 0 Å². The van der Waals surface area contributed by atoms with Crippen molar-refractivity contribution < 1.29 is 9.26 Å². The SMILES string of the molecule is COc1ccc(N[C@H](C)c2nc(C)no2)cc1. The lowest BCUT2D eigenvalue weighted by atomic mass is 10.2. The summed E-state index contributed by atoms with van der Waals surface area (Å²) in [6.45, 7) is 3.77. The fourth-order valence-electron chi connectivity index (χ4n) is 1.49. The largest absolute Gasteiger partial charge is 0.497 e. The van der Waals surface area contributed by atoms with E-state index in [-0.39, 0.29) is 6.04 Å². The molecular formula is C12H15N3O2. The number of benzene rings is 1. The number of aryl methyl sites for hydroxylation is 1. The fraction of sp³-hybridized carbons (Fsp3) is 0.333. The summed E-state index contributed by atoms with van der Waals surface area (Å²) in [4.78, 5) is 4.18. The van der Waals surface area contributed by atoms with Crippen LogP contribution in [-0.4, -0.2) is 17.3 Å². The van der Waals surface area contributed by atoms with Gasteiger partial charge in [-0.25, -0.2) is 0 Å². The summed E-state index contributed by atoms with van der Waals surface area (Å²) in [6, 6.07) is 7.66. The number of aromatic nitrogens is 2. The zero-order valence-corrected chi connectivity index (χ0v) is 10.1. The number of anilines is 1. The molecule has 1 N–H and O–H groups in total. The highest BCUT2D eigenvalue weighted by molar-refractivity contribution is 5.47. The van der Waals surface area contributed by atoms with Crippen LogP contribution in [0.15, 0.2) is 28.8 Å². The van der Waals surface area contributed by atoms with Crippen LogP contribution >= 0.6 is 0 Å². The van der Waals surface area contributed by atoms with Gasteiger partial charge >= 0.3 is 0 Å². The Hall–Kier alpha value is -2.04. The Morgan fingerprint density at radius 3 is 2.53 bits per heavy atom. The van der Waals surface area contributed by atoms with Crippen molar-refractivity contribution in [2.45, 2.75) is 19.9 Å². The first-order valence-corrected chi connectivity index (χ1v) is 5.40. The quantitative estimate of drug-likeness (QED) is 0.879. The van der Waals surface area contributed by atoms with Gasteiger partial charge in [0.05, 0.1) is 7.11 Å². The Morgan fingerprint density at radius 1 is 1.29 bits per heavy atom. The standard InChI is InChI=1S/C12H15N3O2/c1-8(12-14-9(2)15-17-12)13-10-4-6-11(16-3)7-5-10/h4-8,13H,1-3H3/t8-/m1/s1. The molecule has 0 saturated carbocycles. The fourth-order valence-corrected chi connectivity index (χ4v) is 1.49. The highest BCUT2D eigenvalue weighted by atomic mass is 16.5. The highest BCUT2D eigenvalue weighted by Gasteiger charge is 2.12. The molecule has 1 aromatic heterocycles. The van der Waals surface area contributed by atoms with Crippen LogP contribution in [0.25, 0.3) is 0 Å². The molecule has 1 heterocycles. The molecule has 90 valence electrons. The molecule has 2 rings (SSSR count). The average molecular weight is 233 g/mol. The van der Waals surface area contributed by atoms with E-state index in [4.69, 9.17) is 9.26 Å². The molecule has 2 aromatic rings. The van der Waals surface area contributed by atoms with E-state index in [1.807, 2.05) is 31.2 Å². The topological polar surface area (TPSA) is 60.2 Å². The van der Waals surface area contributed by atoms with Crippen LogP contribution in [0, 0.1) is 6.92 Å². The summed E-state index contributed by atoms with van der Waals surface area (Å²) in [5.41, 5.74) is 0.981. The van der Waals surface area contributed by atoms with Gasteiger partial charge in [0.15, 0.2) is 5.82 Å². The molecule has 0 aliphatic carbocycles. The third-order valence-corrected chi connectivity index (χ3v) is 2.39. The molecule has 0 bridgehead atoms. The maximum Gasteiger partial charge on any atom is 0.248 e. The van der Waals surface area contributed by atoms with E-state index in [9.17, 15) is 0 Å². The predicted octanol–water partition coefficient (Wildman–Crippen LogP) is 2.56. The van der Waals surface area contributed by atoms with Crippen LogP contribution in [-0.2, 0) is 0 Å². The second-order valence-electron chi connectivity index (χ2n) is 3.77. The Balaban J connectivity index is 2.04. The van der Waals surface area contributed by atoms with Gasteiger partial charge in [0.1, 0.15) is 11.8 Å². The first kappa shape index (κ1) is 11.4. The first-order chi connectivity index (χ1) is 8.19. The summed E-state index contributed by atoms with van der Waals surface area (Å²) in [5, 5.41) is 7.03. The number of nitrogens with zero attached hydrogens (tertiary/aromatic N) is 2. The van der Waals surface area contributed by atoms with E-state index in [0.717, 1.165) is 11.4 Å². The lowest BCUT2D eigenvalue weighted by Crippen LogP contribution is -2.06. The molecule has 0 spiro atoms. The number of ether oxygens (including phenoxy) is 1. The van der Waals surface area contributed by atoms with Crippen molar-refractivity contribution in [1.82, 2.24) is 10.1 Å². The van der Waals surface area contributed by atoms with Gasteiger partial charge in [-0.3, -0.25) is 0 Å². The lowest BCUT2D eigenvalue weighted by molar-refractivity contribution is 0.364. The number of hydrogen-bond donors (Lipinski definition) is 1. The molecule has 0 radical (unpaired) electrons. The van der Waals surface area contributed by atoms with Gasteiger partial charge in [-0.05, 0) is 38.1 Å². The molecule has 5 heteroatoms. The van der Waals surface area contributed by atoms with E-state index < -0.39 is 0 Å². The zero-order valence-electron chi connectivity index (χ0n) is 10.1. The van der Waals surface area contributed by atoms with Crippen molar-refractivity contribution in [1.29, 1.82) is 0 Å². The van der Waals surface area contributed by atoms with Crippen LogP contribution in [0.4, 0.5) is 5.69 Å². The van der Waals surface area contributed by atoms with Crippen molar-refractivity contribution in [2.24, 2.45) is 0 Å². The van der Waals surface area contributed by atoms with Gasteiger partial charge in [-0.2, -0.15) is 4.98 Å². The summed E-state index contributed by atoms with van der Waals surface area (Å²) in [7, 11) is 1.65. The number of hydrogen-bond acceptors (Lipinski definition) is 5. The predicted molar refractivity (Wildman–Crippen MR) is 64.1 cm³/mol. The monoisotopic (exact) mass is 233 g/mol. The maximum absolute atomic E-state index is 5.09. The highest BCUT2D eigenvalue weighted by Crippen LogP contribution is 2.20. The van der Waals surface area contributed by atoms with Crippen molar-refractivity contribution in [3.05, 3.63) is 36.0 Å². The van der Waals surface area contributed by atoms with Crippen molar-refractivity contribution in [3.63, 3.8) is 0 Å². The smallest absolute Gasteiger partial charge is 0.248 e. The van der Waals surface area contributed by atoms with Gasteiger partial charge in [0.2, 0.25) is 5.89 Å². The van der Waals surface area contributed by atoms with Gasteiger partial charge in [0, 0.05) is 5.69 Å². The second-order valence-corrected chi connectivity index (χ2v) is 3.77. The van der Waals surface area contributed by atoms with E-state index in [0.29, 0.717) is 11.7 Å². The Kier molecular flexibility index (Phi) is 3.27. The maximum atomic E-state index is 5.09. The molecule has 0 saturated heterocycles. The molecular weight excluding hydrogens is 218 g/mol. The molecule has 1 aromatic carbocycles. The third-order valence-electron chi connectivity index (χ3n) is 2.39. The van der Waals surface area contributed by atoms with E-state index in [1.54, 1.807) is 14.0 Å². The van der Waals surface area contributed by atoms with Crippen molar-refractivity contribution in [2.75, 3.05) is 12.4 Å². The molecule has 0 aliphatic rings. The molecule has 0 amide bonds. The normalized spacial score (nSPS) is 12.2. The van der Waals surface area contributed by atoms with Gasteiger partial charge in [0.25, 0.3) is 0 Å². The van der Waals surface area contributed by atoms with Crippen LogP contribution in [0.3, 0.4) is 0 Å². The number of methoxy groups -OCH3 is 1. The van der Waals surface area contributed by atoms with E-state index in [1.165, 1.54) is 0 Å². The zero-order chi connectivity index (χ0) is 12.3. The minimum Gasteiger partial charge on any atom is -0.497 e. The minimum atomic E-state index is -0.0235. The van der Waals surface area contributed by atoms with Crippen LogP contribution < -0.4 is 10.1 Å². The molecule has 1 atom stereocenters. The molecule has 0 aliphatic heterocycles. The molecule has 5 nitrogen and oxygen atoms in total. The lowest BCUT2D eigenvalue weighted by Gasteiger charge is -2.11. The Bertz CT molecular complexity index is 479. The second kappa shape index (κ2) is 4.86. The van der Waals surface area contributed by atoms with Gasteiger partial charge in [-0.1, -0.05) is 5.16 Å². The summed E-state index contributed by atoms with van der Waals surface area (Å²) in [6.07, 6.45) is 0. The van der Waals surface area contributed by atoms with Gasteiger partial charge < -0.3 is 14.6 Å². The Labute approximate surface area is 99.8 Å². The molecule has 17 heavy (non-hydrogen) atoms. The van der Waals surface area contributed by atoms with Crippen molar-refractivity contribution in [3.8, 4) is 5.75 Å². The Morgan fingerprint density at radius 2 is 2.00 bits per heavy atom. The van der Waals surface area contributed by atoms with Gasteiger partial charge in [-0.15, -0.1) is 0 Å². The first-order valence-electron chi connectivity index (χ1n) is 5.40. The van der Waals surface area contributed by atoms with Crippen LogP contribution in [0.2, 0.25) is 0 Å². The average Bonchev–Trinajstić information content (AvgIpc) is 2.77. The summed E-state index contributed by atoms with van der Waals surface area (Å²) >= 11 is 0.